The summed E-state index contributed by atoms with van der Waals surface area (Å²) in [6.45, 7) is 0.544. The molecule has 1 rings (SSSR count). The molecule has 1 aromatic rings. The monoisotopic (exact) mass is 210 g/mol. The van der Waals surface area contributed by atoms with Gasteiger partial charge in [-0.15, -0.1) is 0 Å². The molecule has 14 heavy (non-hydrogen) atoms. The zero-order valence-electron chi connectivity index (χ0n) is 7.81. The molecule has 0 aliphatic carbocycles. The van der Waals surface area contributed by atoms with Crippen molar-refractivity contribution in [3.8, 4) is 0 Å². The first-order chi connectivity index (χ1) is 6.75. The number of thiol groups is 1. The molecular formula is C10H14N2OS. The molecule has 3 nitrogen and oxygen atoms in total. The average molecular weight is 210 g/mol. The maximum Gasteiger partial charge on any atom is 0.241 e. The molecule has 0 saturated carbocycles. The first kappa shape index (κ1) is 11.1. The van der Waals surface area contributed by atoms with Gasteiger partial charge in [-0.3, -0.25) is 4.79 Å². The lowest BCUT2D eigenvalue weighted by Crippen LogP contribution is -2.35. The van der Waals surface area contributed by atoms with Gasteiger partial charge in [-0.05, 0) is 5.56 Å². The number of carbonyl (C=O) groups excluding carboxylic acids is 1. The van der Waals surface area contributed by atoms with Crippen molar-refractivity contribution in [3.63, 3.8) is 0 Å². The summed E-state index contributed by atoms with van der Waals surface area (Å²) in [4.78, 5) is 11.4. The quantitative estimate of drug-likeness (QED) is 0.642. The van der Waals surface area contributed by atoms with E-state index in [9.17, 15) is 4.79 Å². The van der Waals surface area contributed by atoms with Crippen molar-refractivity contribution in [2.45, 2.75) is 6.04 Å². The van der Waals surface area contributed by atoms with E-state index in [-0.39, 0.29) is 5.91 Å². The minimum Gasteiger partial charge on any atom is -0.354 e. The van der Waals surface area contributed by atoms with Gasteiger partial charge in [0.25, 0.3) is 0 Å². The van der Waals surface area contributed by atoms with Crippen LogP contribution in [0.3, 0.4) is 0 Å². The first-order valence-electron chi connectivity index (χ1n) is 4.45. The molecular weight excluding hydrogens is 196 g/mol. The first-order valence-corrected chi connectivity index (χ1v) is 5.08. The lowest BCUT2D eigenvalue weighted by Gasteiger charge is -2.11. The summed E-state index contributed by atoms with van der Waals surface area (Å²) in [5.41, 5.74) is 6.57. The van der Waals surface area contributed by atoms with E-state index in [2.05, 4.69) is 17.9 Å². The van der Waals surface area contributed by atoms with Crippen LogP contribution in [0.15, 0.2) is 30.3 Å². The summed E-state index contributed by atoms with van der Waals surface area (Å²) >= 11 is 4.00. The van der Waals surface area contributed by atoms with Crippen LogP contribution in [0.5, 0.6) is 0 Å². The highest BCUT2D eigenvalue weighted by atomic mass is 32.1. The highest BCUT2D eigenvalue weighted by Gasteiger charge is 2.13. The Morgan fingerprint density at radius 2 is 2.07 bits per heavy atom. The van der Waals surface area contributed by atoms with Crippen LogP contribution in [0, 0.1) is 0 Å². The Labute approximate surface area is 89.1 Å². The minimum atomic E-state index is -0.587. The number of benzene rings is 1. The molecule has 0 fully saturated rings. The Morgan fingerprint density at radius 1 is 1.43 bits per heavy atom. The van der Waals surface area contributed by atoms with Gasteiger partial charge in [0.1, 0.15) is 6.04 Å². The van der Waals surface area contributed by atoms with Gasteiger partial charge in [0.05, 0.1) is 0 Å². The molecule has 3 N–H and O–H groups in total. The van der Waals surface area contributed by atoms with E-state index >= 15 is 0 Å². The highest BCUT2D eigenvalue weighted by molar-refractivity contribution is 7.80. The summed E-state index contributed by atoms with van der Waals surface area (Å²) in [5, 5.41) is 2.69. The molecule has 1 atom stereocenters. The molecule has 0 unspecified atom stereocenters. The van der Waals surface area contributed by atoms with Gasteiger partial charge < -0.3 is 11.1 Å². The smallest absolute Gasteiger partial charge is 0.241 e. The zero-order chi connectivity index (χ0) is 10.4. The van der Waals surface area contributed by atoms with Crippen molar-refractivity contribution in [2.75, 3.05) is 12.3 Å². The van der Waals surface area contributed by atoms with E-state index in [1.165, 1.54) is 0 Å². The average Bonchev–Trinajstić information content (AvgIpc) is 2.26. The Hall–Kier alpha value is -1.00. The van der Waals surface area contributed by atoms with Gasteiger partial charge in [-0.25, -0.2) is 0 Å². The predicted octanol–water partition coefficient (Wildman–Crippen LogP) is 0.732. The van der Waals surface area contributed by atoms with Crippen LogP contribution >= 0.6 is 12.6 Å². The van der Waals surface area contributed by atoms with Gasteiger partial charge in [0, 0.05) is 12.3 Å². The second-order valence-electron chi connectivity index (χ2n) is 2.90. The summed E-state index contributed by atoms with van der Waals surface area (Å²) < 4.78 is 0. The molecule has 4 heteroatoms. The molecule has 0 aliphatic heterocycles. The molecule has 0 heterocycles. The summed E-state index contributed by atoms with van der Waals surface area (Å²) in [7, 11) is 0. The molecule has 0 saturated heterocycles. The van der Waals surface area contributed by atoms with Crippen molar-refractivity contribution in [3.05, 3.63) is 35.9 Å². The third-order valence-corrected chi connectivity index (χ3v) is 2.08. The molecule has 0 radical (unpaired) electrons. The number of hydrogen-bond acceptors (Lipinski definition) is 3. The van der Waals surface area contributed by atoms with Crippen LogP contribution in [-0.2, 0) is 4.79 Å². The van der Waals surface area contributed by atoms with Crippen LogP contribution in [-0.4, -0.2) is 18.2 Å². The number of nitrogens with two attached hydrogens (primary N) is 1. The van der Waals surface area contributed by atoms with Crippen molar-refractivity contribution >= 4 is 18.5 Å². The Morgan fingerprint density at radius 3 is 2.64 bits per heavy atom. The number of rotatable bonds is 4. The van der Waals surface area contributed by atoms with Gasteiger partial charge in [-0.2, -0.15) is 12.6 Å². The fourth-order valence-electron chi connectivity index (χ4n) is 1.10. The van der Waals surface area contributed by atoms with Crippen molar-refractivity contribution in [1.29, 1.82) is 0 Å². The largest absolute Gasteiger partial charge is 0.354 e. The third-order valence-electron chi connectivity index (χ3n) is 1.85. The molecule has 0 bridgehead atoms. The molecule has 0 aliphatic rings. The molecule has 1 aromatic carbocycles. The summed E-state index contributed by atoms with van der Waals surface area (Å²) in [6.07, 6.45) is 0. The van der Waals surface area contributed by atoms with Crippen molar-refractivity contribution < 1.29 is 4.79 Å². The maximum atomic E-state index is 11.4. The van der Waals surface area contributed by atoms with E-state index < -0.39 is 6.04 Å². The summed E-state index contributed by atoms with van der Waals surface area (Å²) in [6, 6.07) is 8.70. The van der Waals surface area contributed by atoms with Crippen LogP contribution in [0.1, 0.15) is 11.6 Å². The maximum absolute atomic E-state index is 11.4. The third kappa shape index (κ3) is 3.05. The standard InChI is InChI=1S/C10H14N2OS/c11-9(10(13)12-6-7-14)8-4-2-1-3-5-8/h1-5,9,14H,6-7,11H2,(H,12,13)/t9-/m0/s1. The van der Waals surface area contributed by atoms with E-state index in [0.717, 1.165) is 5.56 Å². The highest BCUT2D eigenvalue weighted by Crippen LogP contribution is 2.08. The Kier molecular flexibility index (Phi) is 4.49. The van der Waals surface area contributed by atoms with Crippen LogP contribution in [0.4, 0.5) is 0 Å². The Balaban J connectivity index is 2.57. The van der Waals surface area contributed by atoms with E-state index in [4.69, 9.17) is 5.73 Å². The van der Waals surface area contributed by atoms with E-state index in [0.29, 0.717) is 12.3 Å². The van der Waals surface area contributed by atoms with Crippen LogP contribution in [0.2, 0.25) is 0 Å². The van der Waals surface area contributed by atoms with Gasteiger partial charge >= 0.3 is 0 Å². The number of amides is 1. The minimum absolute atomic E-state index is 0.162. The Bertz CT molecular complexity index is 289. The van der Waals surface area contributed by atoms with E-state index in [1.54, 1.807) is 0 Å². The zero-order valence-corrected chi connectivity index (χ0v) is 8.71. The fraction of sp³-hybridized carbons (Fsp3) is 0.300. The number of nitrogens with one attached hydrogen (secondary N) is 1. The molecule has 0 spiro atoms. The van der Waals surface area contributed by atoms with Gasteiger partial charge in [0.15, 0.2) is 0 Å². The predicted molar refractivity (Wildman–Crippen MR) is 60.2 cm³/mol. The lowest BCUT2D eigenvalue weighted by atomic mass is 10.1. The molecule has 76 valence electrons. The van der Waals surface area contributed by atoms with Crippen LogP contribution in [0.25, 0.3) is 0 Å². The topological polar surface area (TPSA) is 55.1 Å². The second-order valence-corrected chi connectivity index (χ2v) is 3.35. The SMILES string of the molecule is N[C@H](C(=O)NCCS)c1ccccc1. The number of carbonyl (C=O) groups is 1. The normalized spacial score (nSPS) is 12.1. The van der Waals surface area contributed by atoms with E-state index in [1.807, 2.05) is 30.3 Å². The van der Waals surface area contributed by atoms with Crippen molar-refractivity contribution in [2.24, 2.45) is 5.73 Å². The fourth-order valence-corrected chi connectivity index (χ4v) is 1.21. The van der Waals surface area contributed by atoms with Gasteiger partial charge in [0.2, 0.25) is 5.91 Å². The molecule has 1 amide bonds. The second kappa shape index (κ2) is 5.67. The molecule has 0 aromatic heterocycles. The summed E-state index contributed by atoms with van der Waals surface area (Å²) in [5.74, 6) is 0.456. The number of hydrogen-bond donors (Lipinski definition) is 3. The van der Waals surface area contributed by atoms with Crippen LogP contribution < -0.4 is 11.1 Å². The van der Waals surface area contributed by atoms with Crippen molar-refractivity contribution in [1.82, 2.24) is 5.32 Å². The lowest BCUT2D eigenvalue weighted by molar-refractivity contribution is -0.122. The van der Waals surface area contributed by atoms with Gasteiger partial charge in [-0.1, -0.05) is 30.3 Å².